The van der Waals surface area contributed by atoms with E-state index in [0.29, 0.717) is 11.1 Å². The largest absolute Gasteiger partial charge is 0.492 e. The van der Waals surface area contributed by atoms with Crippen LogP contribution in [0.15, 0.2) is 18.2 Å². The lowest BCUT2D eigenvalue weighted by molar-refractivity contribution is 0.292. The molecule has 1 aromatic carbocycles. The average molecular weight is 240 g/mol. The highest BCUT2D eigenvalue weighted by Gasteiger charge is 2.13. The summed E-state index contributed by atoms with van der Waals surface area (Å²) in [7, 11) is 0. The third kappa shape index (κ3) is 3.13. The highest BCUT2D eigenvalue weighted by Crippen LogP contribution is 2.25. The number of hydrogen-bond acceptors (Lipinski definition) is 2. The SMILES string of the molecule is Cc1ccc(Cl)c(OCCC2CCCN2)c1. The van der Waals surface area contributed by atoms with E-state index in [1.54, 1.807) is 0 Å². The van der Waals surface area contributed by atoms with Gasteiger partial charge in [-0.2, -0.15) is 0 Å². The molecule has 1 unspecified atom stereocenters. The van der Waals surface area contributed by atoms with Gasteiger partial charge in [-0.25, -0.2) is 0 Å². The summed E-state index contributed by atoms with van der Waals surface area (Å²) in [6.45, 7) is 3.93. The van der Waals surface area contributed by atoms with E-state index in [1.807, 2.05) is 25.1 Å². The Morgan fingerprint density at radius 3 is 3.12 bits per heavy atom. The molecule has 1 saturated heterocycles. The minimum atomic E-state index is 0.628. The van der Waals surface area contributed by atoms with Gasteiger partial charge in [-0.15, -0.1) is 0 Å². The number of benzene rings is 1. The maximum absolute atomic E-state index is 6.05. The molecule has 0 aliphatic carbocycles. The zero-order valence-electron chi connectivity index (χ0n) is 9.63. The Labute approximate surface area is 102 Å². The van der Waals surface area contributed by atoms with Crippen LogP contribution < -0.4 is 10.1 Å². The lowest BCUT2D eigenvalue weighted by atomic mass is 10.2. The summed E-state index contributed by atoms with van der Waals surface area (Å²) >= 11 is 6.05. The van der Waals surface area contributed by atoms with Crippen molar-refractivity contribution in [3.63, 3.8) is 0 Å². The average Bonchev–Trinajstić information content (AvgIpc) is 2.76. The Morgan fingerprint density at radius 2 is 2.38 bits per heavy atom. The van der Waals surface area contributed by atoms with Gasteiger partial charge in [0, 0.05) is 6.04 Å². The van der Waals surface area contributed by atoms with Crippen LogP contribution in [0.1, 0.15) is 24.8 Å². The Bertz CT molecular complexity index is 348. The Hall–Kier alpha value is -0.730. The molecule has 0 spiro atoms. The second kappa shape index (κ2) is 5.55. The lowest BCUT2D eigenvalue weighted by Crippen LogP contribution is -2.23. The summed E-state index contributed by atoms with van der Waals surface area (Å²) in [6, 6.07) is 6.50. The molecule has 0 saturated carbocycles. The maximum Gasteiger partial charge on any atom is 0.138 e. The zero-order chi connectivity index (χ0) is 11.4. The fourth-order valence-corrected chi connectivity index (χ4v) is 2.21. The summed E-state index contributed by atoms with van der Waals surface area (Å²) in [5, 5.41) is 4.15. The Morgan fingerprint density at radius 1 is 1.50 bits per heavy atom. The minimum absolute atomic E-state index is 0.628. The van der Waals surface area contributed by atoms with Gasteiger partial charge in [-0.05, 0) is 50.4 Å². The van der Waals surface area contributed by atoms with Crippen molar-refractivity contribution in [2.75, 3.05) is 13.2 Å². The molecule has 1 aliphatic rings. The summed E-state index contributed by atoms with van der Waals surface area (Å²) < 4.78 is 5.71. The number of rotatable bonds is 4. The molecule has 16 heavy (non-hydrogen) atoms. The van der Waals surface area contributed by atoms with Gasteiger partial charge < -0.3 is 10.1 Å². The third-order valence-corrected chi connectivity index (χ3v) is 3.29. The molecule has 1 aromatic rings. The highest BCUT2D eigenvalue weighted by atomic mass is 35.5. The van der Waals surface area contributed by atoms with Gasteiger partial charge in [-0.1, -0.05) is 17.7 Å². The van der Waals surface area contributed by atoms with Crippen LogP contribution in [-0.4, -0.2) is 19.2 Å². The van der Waals surface area contributed by atoms with Crippen LogP contribution in [0.5, 0.6) is 5.75 Å². The topological polar surface area (TPSA) is 21.3 Å². The minimum Gasteiger partial charge on any atom is -0.492 e. The van der Waals surface area contributed by atoms with Gasteiger partial charge >= 0.3 is 0 Å². The van der Waals surface area contributed by atoms with Crippen LogP contribution in [0.4, 0.5) is 0 Å². The first-order valence-electron chi connectivity index (χ1n) is 5.88. The summed E-state index contributed by atoms with van der Waals surface area (Å²) in [5.41, 5.74) is 1.18. The molecule has 1 atom stereocenters. The van der Waals surface area contributed by atoms with Crippen molar-refractivity contribution in [1.82, 2.24) is 5.32 Å². The summed E-state index contributed by atoms with van der Waals surface area (Å²) in [4.78, 5) is 0. The van der Waals surface area contributed by atoms with E-state index in [4.69, 9.17) is 16.3 Å². The molecule has 1 fully saturated rings. The maximum atomic E-state index is 6.05. The Kier molecular flexibility index (Phi) is 4.08. The third-order valence-electron chi connectivity index (χ3n) is 2.97. The number of hydrogen-bond donors (Lipinski definition) is 1. The Balaban J connectivity index is 1.82. The van der Waals surface area contributed by atoms with E-state index in [0.717, 1.165) is 25.3 Å². The van der Waals surface area contributed by atoms with Gasteiger partial charge in [0.1, 0.15) is 5.75 Å². The molecule has 0 amide bonds. The van der Waals surface area contributed by atoms with Crippen LogP contribution in [0, 0.1) is 6.92 Å². The second-order valence-electron chi connectivity index (χ2n) is 4.36. The molecule has 1 N–H and O–H groups in total. The van der Waals surface area contributed by atoms with Crippen molar-refractivity contribution in [1.29, 1.82) is 0 Å². The quantitative estimate of drug-likeness (QED) is 0.872. The number of halogens is 1. The molecule has 0 bridgehead atoms. The first kappa shape index (κ1) is 11.7. The lowest BCUT2D eigenvalue weighted by Gasteiger charge is -2.12. The van der Waals surface area contributed by atoms with Crippen LogP contribution in [-0.2, 0) is 0 Å². The fourth-order valence-electron chi connectivity index (χ4n) is 2.04. The number of nitrogens with one attached hydrogen (secondary N) is 1. The van der Waals surface area contributed by atoms with Gasteiger partial charge in [0.15, 0.2) is 0 Å². The van der Waals surface area contributed by atoms with Gasteiger partial charge in [-0.3, -0.25) is 0 Å². The van der Waals surface area contributed by atoms with Crippen molar-refractivity contribution in [3.8, 4) is 5.75 Å². The molecule has 1 heterocycles. The van der Waals surface area contributed by atoms with E-state index in [9.17, 15) is 0 Å². The van der Waals surface area contributed by atoms with Gasteiger partial charge in [0.25, 0.3) is 0 Å². The summed E-state index contributed by atoms with van der Waals surface area (Å²) in [6.07, 6.45) is 3.62. The fraction of sp³-hybridized carbons (Fsp3) is 0.538. The van der Waals surface area contributed by atoms with E-state index < -0.39 is 0 Å². The molecular weight excluding hydrogens is 222 g/mol. The number of ether oxygens (including phenoxy) is 1. The van der Waals surface area contributed by atoms with E-state index in [2.05, 4.69) is 5.32 Å². The predicted molar refractivity (Wildman–Crippen MR) is 67.3 cm³/mol. The van der Waals surface area contributed by atoms with Gasteiger partial charge in [0.2, 0.25) is 0 Å². The number of aryl methyl sites for hydroxylation is 1. The van der Waals surface area contributed by atoms with Crippen molar-refractivity contribution in [3.05, 3.63) is 28.8 Å². The summed E-state index contributed by atoms with van der Waals surface area (Å²) in [5.74, 6) is 0.805. The van der Waals surface area contributed by atoms with Crippen molar-refractivity contribution in [2.45, 2.75) is 32.2 Å². The predicted octanol–water partition coefficient (Wildman–Crippen LogP) is 3.17. The van der Waals surface area contributed by atoms with Crippen LogP contribution in [0.3, 0.4) is 0 Å². The molecule has 0 radical (unpaired) electrons. The zero-order valence-corrected chi connectivity index (χ0v) is 10.4. The molecule has 2 nitrogen and oxygen atoms in total. The van der Waals surface area contributed by atoms with E-state index in [-0.39, 0.29) is 0 Å². The first-order chi connectivity index (χ1) is 7.75. The van der Waals surface area contributed by atoms with Crippen LogP contribution >= 0.6 is 11.6 Å². The van der Waals surface area contributed by atoms with E-state index >= 15 is 0 Å². The molecule has 2 rings (SSSR count). The van der Waals surface area contributed by atoms with Crippen molar-refractivity contribution < 1.29 is 4.74 Å². The second-order valence-corrected chi connectivity index (χ2v) is 4.77. The highest BCUT2D eigenvalue weighted by molar-refractivity contribution is 6.32. The molecular formula is C13H18ClNO. The monoisotopic (exact) mass is 239 g/mol. The molecule has 0 aromatic heterocycles. The molecule has 3 heteroatoms. The molecule has 1 aliphatic heterocycles. The normalized spacial score (nSPS) is 20.0. The van der Waals surface area contributed by atoms with Crippen LogP contribution in [0.2, 0.25) is 5.02 Å². The van der Waals surface area contributed by atoms with Crippen molar-refractivity contribution in [2.24, 2.45) is 0 Å². The van der Waals surface area contributed by atoms with E-state index in [1.165, 1.54) is 18.4 Å². The van der Waals surface area contributed by atoms with Crippen molar-refractivity contribution >= 4 is 11.6 Å². The van der Waals surface area contributed by atoms with Gasteiger partial charge in [0.05, 0.1) is 11.6 Å². The smallest absolute Gasteiger partial charge is 0.138 e. The standard InChI is InChI=1S/C13H18ClNO/c1-10-4-5-12(14)13(9-10)16-8-6-11-3-2-7-15-11/h4-5,9,11,15H,2-3,6-8H2,1H3. The molecule has 88 valence electrons. The van der Waals surface area contributed by atoms with Crippen LogP contribution in [0.25, 0.3) is 0 Å². The first-order valence-corrected chi connectivity index (χ1v) is 6.26.